The quantitative estimate of drug-likeness (QED) is 0.735. The van der Waals surface area contributed by atoms with Gasteiger partial charge in [-0.3, -0.25) is 0 Å². The van der Waals surface area contributed by atoms with Crippen LogP contribution < -0.4 is 5.73 Å². The van der Waals surface area contributed by atoms with Crippen molar-refractivity contribution in [1.29, 1.82) is 0 Å². The Bertz CT molecular complexity index is 696. The van der Waals surface area contributed by atoms with E-state index in [0.29, 0.717) is 6.04 Å². The van der Waals surface area contributed by atoms with Gasteiger partial charge >= 0.3 is 0 Å². The number of imidazole rings is 1. The first kappa shape index (κ1) is 12.2. The van der Waals surface area contributed by atoms with E-state index < -0.39 is 0 Å². The van der Waals surface area contributed by atoms with E-state index in [4.69, 9.17) is 10.7 Å². The minimum Gasteiger partial charge on any atom is -0.397 e. The molecule has 1 aromatic carbocycles. The fourth-order valence-corrected chi connectivity index (χ4v) is 3.16. The number of rotatable bonds is 3. The highest BCUT2D eigenvalue weighted by Gasteiger charge is 2.15. The maximum atomic E-state index is 6.04. The van der Waals surface area contributed by atoms with Gasteiger partial charge in [0, 0.05) is 17.3 Å². The minimum absolute atomic E-state index is 0.377. The summed E-state index contributed by atoms with van der Waals surface area (Å²) in [4.78, 5) is 6.08. The molecule has 0 saturated heterocycles. The first-order valence-electron chi connectivity index (χ1n) is 6.44. The second-order valence-electron chi connectivity index (χ2n) is 4.96. The van der Waals surface area contributed by atoms with Crippen molar-refractivity contribution in [2.45, 2.75) is 26.3 Å². The Balaban J connectivity index is 2.17. The molecular weight excluding hydrogens is 254 g/mol. The van der Waals surface area contributed by atoms with Crippen molar-refractivity contribution < 1.29 is 0 Å². The SMILES string of the molecule is CC(C)n1c(Cc2cccs2)nc2c(N)cccc21. The molecule has 3 rings (SSSR count). The molecule has 0 amide bonds. The van der Waals surface area contributed by atoms with E-state index in [1.807, 2.05) is 12.1 Å². The average Bonchev–Trinajstić information content (AvgIpc) is 2.97. The van der Waals surface area contributed by atoms with Crippen LogP contribution >= 0.6 is 11.3 Å². The fourth-order valence-electron chi connectivity index (χ4n) is 2.46. The van der Waals surface area contributed by atoms with E-state index >= 15 is 0 Å². The molecule has 0 aliphatic rings. The van der Waals surface area contributed by atoms with E-state index in [0.717, 1.165) is 29.0 Å². The number of nitrogens with zero attached hydrogens (tertiary/aromatic N) is 2. The Morgan fingerprint density at radius 2 is 2.11 bits per heavy atom. The summed E-state index contributed by atoms with van der Waals surface area (Å²) in [6.45, 7) is 4.37. The van der Waals surface area contributed by atoms with Gasteiger partial charge < -0.3 is 10.3 Å². The van der Waals surface area contributed by atoms with Crippen LogP contribution in [0.25, 0.3) is 11.0 Å². The summed E-state index contributed by atoms with van der Waals surface area (Å²) in [5.41, 5.74) is 8.84. The number of thiophene rings is 1. The maximum Gasteiger partial charge on any atom is 0.115 e. The van der Waals surface area contributed by atoms with Gasteiger partial charge in [0.15, 0.2) is 0 Å². The number of aromatic nitrogens is 2. The van der Waals surface area contributed by atoms with Crippen molar-refractivity contribution in [3.8, 4) is 0 Å². The third kappa shape index (κ3) is 2.12. The monoisotopic (exact) mass is 271 g/mol. The molecule has 0 bridgehead atoms. The van der Waals surface area contributed by atoms with Crippen LogP contribution in [0.15, 0.2) is 35.7 Å². The lowest BCUT2D eigenvalue weighted by atomic mass is 10.2. The predicted molar refractivity (Wildman–Crippen MR) is 81.7 cm³/mol. The highest BCUT2D eigenvalue weighted by molar-refractivity contribution is 7.09. The molecule has 0 fully saturated rings. The lowest BCUT2D eigenvalue weighted by Crippen LogP contribution is -2.06. The number of nitrogen functional groups attached to an aromatic ring is 1. The third-order valence-electron chi connectivity index (χ3n) is 3.25. The highest BCUT2D eigenvalue weighted by Crippen LogP contribution is 2.27. The number of hydrogen-bond donors (Lipinski definition) is 1. The third-order valence-corrected chi connectivity index (χ3v) is 4.13. The molecule has 0 atom stereocenters. The highest BCUT2D eigenvalue weighted by atomic mass is 32.1. The maximum absolute atomic E-state index is 6.04. The number of para-hydroxylation sites is 1. The van der Waals surface area contributed by atoms with Gasteiger partial charge in [0.05, 0.1) is 11.2 Å². The van der Waals surface area contributed by atoms with E-state index in [1.165, 1.54) is 4.88 Å². The van der Waals surface area contributed by atoms with Gasteiger partial charge in [0.2, 0.25) is 0 Å². The smallest absolute Gasteiger partial charge is 0.115 e. The second kappa shape index (κ2) is 4.70. The number of nitrogens with two attached hydrogens (primary N) is 1. The van der Waals surface area contributed by atoms with E-state index in [1.54, 1.807) is 11.3 Å². The first-order chi connectivity index (χ1) is 9.16. The summed E-state index contributed by atoms with van der Waals surface area (Å²) in [6.07, 6.45) is 0.865. The lowest BCUT2D eigenvalue weighted by Gasteiger charge is -2.12. The van der Waals surface area contributed by atoms with Gasteiger partial charge in [-0.25, -0.2) is 4.98 Å². The van der Waals surface area contributed by atoms with Crippen LogP contribution in [0, 0.1) is 0 Å². The summed E-state index contributed by atoms with van der Waals surface area (Å²) in [7, 11) is 0. The Kier molecular flexibility index (Phi) is 3.03. The molecule has 2 heterocycles. The summed E-state index contributed by atoms with van der Waals surface area (Å²) < 4.78 is 2.28. The van der Waals surface area contributed by atoms with Gasteiger partial charge in [-0.15, -0.1) is 11.3 Å². The van der Waals surface area contributed by atoms with Crippen LogP contribution in [0.3, 0.4) is 0 Å². The van der Waals surface area contributed by atoms with E-state index in [2.05, 4.69) is 42.0 Å². The van der Waals surface area contributed by atoms with Gasteiger partial charge in [-0.2, -0.15) is 0 Å². The zero-order valence-electron chi connectivity index (χ0n) is 11.1. The fraction of sp³-hybridized carbons (Fsp3) is 0.267. The summed E-state index contributed by atoms with van der Waals surface area (Å²) in [6, 6.07) is 10.6. The number of fused-ring (bicyclic) bond motifs is 1. The van der Waals surface area contributed by atoms with Gasteiger partial charge in [-0.1, -0.05) is 12.1 Å². The Hall–Kier alpha value is -1.81. The van der Waals surface area contributed by atoms with Crippen LogP contribution in [0.1, 0.15) is 30.6 Å². The molecule has 0 spiro atoms. The summed E-state index contributed by atoms with van der Waals surface area (Å²) in [5.74, 6) is 1.09. The molecule has 0 radical (unpaired) electrons. The van der Waals surface area contributed by atoms with E-state index in [-0.39, 0.29) is 0 Å². The molecule has 19 heavy (non-hydrogen) atoms. The molecule has 2 aromatic heterocycles. The molecule has 0 unspecified atom stereocenters. The zero-order chi connectivity index (χ0) is 13.4. The van der Waals surface area contributed by atoms with E-state index in [9.17, 15) is 0 Å². The number of hydrogen-bond acceptors (Lipinski definition) is 3. The van der Waals surface area contributed by atoms with Crippen LogP contribution in [0.4, 0.5) is 5.69 Å². The molecule has 2 N–H and O–H groups in total. The summed E-state index contributed by atoms with van der Waals surface area (Å²) in [5, 5.41) is 2.10. The second-order valence-corrected chi connectivity index (χ2v) is 6.00. The van der Waals surface area contributed by atoms with Crippen LogP contribution in [0.2, 0.25) is 0 Å². The van der Waals surface area contributed by atoms with Crippen LogP contribution in [-0.4, -0.2) is 9.55 Å². The Labute approximate surface area is 116 Å². The normalized spacial score (nSPS) is 11.5. The number of benzene rings is 1. The molecule has 0 aliphatic carbocycles. The van der Waals surface area contributed by atoms with Crippen molar-refractivity contribution >= 4 is 28.1 Å². The molecular formula is C15H17N3S. The van der Waals surface area contributed by atoms with Crippen molar-refractivity contribution in [3.63, 3.8) is 0 Å². The molecule has 3 aromatic rings. The molecule has 0 aliphatic heterocycles. The predicted octanol–water partition coefficient (Wildman–Crippen LogP) is 3.85. The largest absolute Gasteiger partial charge is 0.397 e. The van der Waals surface area contributed by atoms with Gasteiger partial charge in [0.25, 0.3) is 0 Å². The van der Waals surface area contributed by atoms with Crippen LogP contribution in [0.5, 0.6) is 0 Å². The Morgan fingerprint density at radius 3 is 2.79 bits per heavy atom. The van der Waals surface area contributed by atoms with Crippen molar-refractivity contribution in [3.05, 3.63) is 46.4 Å². The van der Waals surface area contributed by atoms with Crippen LogP contribution in [-0.2, 0) is 6.42 Å². The van der Waals surface area contributed by atoms with Crippen molar-refractivity contribution in [2.75, 3.05) is 5.73 Å². The zero-order valence-corrected chi connectivity index (χ0v) is 11.9. The van der Waals surface area contributed by atoms with Crippen molar-refractivity contribution in [1.82, 2.24) is 9.55 Å². The molecule has 0 saturated carbocycles. The summed E-state index contributed by atoms with van der Waals surface area (Å²) >= 11 is 1.77. The molecule has 3 nitrogen and oxygen atoms in total. The van der Waals surface area contributed by atoms with Crippen molar-refractivity contribution in [2.24, 2.45) is 0 Å². The van der Waals surface area contributed by atoms with Gasteiger partial charge in [0.1, 0.15) is 11.3 Å². The minimum atomic E-state index is 0.377. The molecule has 98 valence electrons. The Morgan fingerprint density at radius 1 is 1.26 bits per heavy atom. The average molecular weight is 271 g/mol. The first-order valence-corrected chi connectivity index (χ1v) is 7.32. The van der Waals surface area contributed by atoms with Gasteiger partial charge in [-0.05, 0) is 37.4 Å². The molecule has 4 heteroatoms. The topological polar surface area (TPSA) is 43.8 Å². The number of anilines is 1. The standard InChI is InChI=1S/C15H17N3S/c1-10(2)18-13-7-3-6-12(16)15(13)17-14(18)9-11-5-4-8-19-11/h3-8,10H,9,16H2,1-2H3. The lowest BCUT2D eigenvalue weighted by molar-refractivity contribution is 0.592.